The number of ether oxygens (including phenoxy) is 6. The number of fused-ring (bicyclic) bond motifs is 2. The van der Waals surface area contributed by atoms with Crippen molar-refractivity contribution in [2.75, 3.05) is 92.5 Å². The Balaban J connectivity index is 1.15. The fourth-order valence-corrected chi connectivity index (χ4v) is 5.97. The predicted octanol–water partition coefficient (Wildman–Crippen LogP) is 6.74. The van der Waals surface area contributed by atoms with E-state index < -0.39 is 0 Å². The zero-order valence-electron chi connectivity index (χ0n) is 32.3. The van der Waals surface area contributed by atoms with Crippen LogP contribution < -0.4 is 0 Å². The van der Waals surface area contributed by atoms with Crippen molar-refractivity contribution in [1.82, 2.24) is 0 Å². The molecule has 0 bridgehead atoms. The van der Waals surface area contributed by atoms with Crippen LogP contribution >= 0.6 is 0 Å². The van der Waals surface area contributed by atoms with Crippen molar-refractivity contribution in [3.8, 4) is 23.7 Å². The summed E-state index contributed by atoms with van der Waals surface area (Å²) in [5.74, 6) is 13.9. The zero-order valence-corrected chi connectivity index (χ0v) is 32.3. The Kier molecular flexibility index (Phi) is 19.4. The average Bonchev–Trinajstić information content (AvgIpc) is 3.24. The maximum absolute atomic E-state index is 8.77. The minimum absolute atomic E-state index is 0.146. The molecule has 0 aliphatic carbocycles. The molecule has 5 aromatic rings. The number of aliphatic hydroxyl groups excluding tert-OH is 2. The smallest absolute Gasteiger partial charge is 0.0701 e. The van der Waals surface area contributed by atoms with Crippen molar-refractivity contribution < 1.29 is 38.6 Å². The Hall–Kier alpha value is -4.58. The number of hydrogen-bond donors (Lipinski definition) is 2. The summed E-state index contributed by atoms with van der Waals surface area (Å²) in [7, 11) is 0. The molecule has 0 aliphatic heterocycles. The summed E-state index contributed by atoms with van der Waals surface area (Å²) in [4.78, 5) is 0. The lowest BCUT2D eigenvalue weighted by atomic mass is 9.91. The molecule has 0 aromatic heterocycles. The van der Waals surface area contributed by atoms with E-state index in [0.717, 1.165) is 56.6 Å². The van der Waals surface area contributed by atoms with Crippen LogP contribution in [0.15, 0.2) is 97.1 Å². The third kappa shape index (κ3) is 14.5. The van der Waals surface area contributed by atoms with E-state index in [1.807, 2.05) is 0 Å². The summed E-state index contributed by atoms with van der Waals surface area (Å²) < 4.78 is 33.2. The van der Waals surface area contributed by atoms with Gasteiger partial charge in [-0.05, 0) is 82.6 Å². The molecule has 0 aliphatic rings. The van der Waals surface area contributed by atoms with Gasteiger partial charge in [-0.15, -0.1) is 0 Å². The normalized spacial score (nSPS) is 11.0. The number of hydrogen-bond acceptors (Lipinski definition) is 8. The Morgan fingerprint density at radius 3 is 0.964 bits per heavy atom. The number of aliphatic hydroxyl groups is 2. The van der Waals surface area contributed by atoms with Crippen LogP contribution in [0.25, 0.3) is 21.5 Å². The van der Waals surface area contributed by atoms with Crippen LogP contribution in [-0.4, -0.2) is 103 Å². The van der Waals surface area contributed by atoms with E-state index >= 15 is 0 Å². The quantitative estimate of drug-likeness (QED) is 0.0406. The summed E-state index contributed by atoms with van der Waals surface area (Å²) in [5, 5.41) is 21.9. The molecule has 0 spiro atoms. The first kappa shape index (κ1) is 42.6. The monoisotopic (exact) mass is 758 g/mol. The Morgan fingerprint density at radius 2 is 0.643 bits per heavy atom. The lowest BCUT2D eigenvalue weighted by molar-refractivity contribution is 0.0128. The lowest BCUT2D eigenvalue weighted by Crippen LogP contribution is -2.11. The molecule has 0 unspecified atom stereocenters. The highest BCUT2D eigenvalue weighted by Crippen LogP contribution is 2.32. The fourth-order valence-electron chi connectivity index (χ4n) is 5.97. The maximum Gasteiger partial charge on any atom is 0.0701 e. The van der Waals surface area contributed by atoms with Crippen molar-refractivity contribution in [2.45, 2.75) is 25.7 Å². The lowest BCUT2D eigenvalue weighted by Gasteiger charge is -2.10. The van der Waals surface area contributed by atoms with Gasteiger partial charge in [-0.1, -0.05) is 96.5 Å². The number of benzene rings is 5. The molecule has 5 rings (SSSR count). The molecular weight excluding hydrogens is 705 g/mol. The van der Waals surface area contributed by atoms with Gasteiger partial charge in [-0.3, -0.25) is 0 Å². The van der Waals surface area contributed by atoms with Crippen molar-refractivity contribution >= 4 is 21.5 Å². The van der Waals surface area contributed by atoms with E-state index in [9.17, 15) is 0 Å². The fraction of sp³-hybridized carbons (Fsp3) is 0.375. The van der Waals surface area contributed by atoms with E-state index in [2.05, 4.69) is 121 Å². The van der Waals surface area contributed by atoms with Gasteiger partial charge in [0.25, 0.3) is 0 Å². The first-order valence-electron chi connectivity index (χ1n) is 19.6. The van der Waals surface area contributed by atoms with E-state index in [-0.39, 0.29) is 13.2 Å². The highest BCUT2D eigenvalue weighted by atomic mass is 16.5. The maximum atomic E-state index is 8.77. The van der Waals surface area contributed by atoms with E-state index in [1.165, 1.54) is 11.1 Å². The zero-order chi connectivity index (χ0) is 38.9. The van der Waals surface area contributed by atoms with Crippen LogP contribution in [-0.2, 0) is 41.3 Å². The topological polar surface area (TPSA) is 95.8 Å². The second-order valence-electron chi connectivity index (χ2n) is 13.1. The van der Waals surface area contributed by atoms with Gasteiger partial charge >= 0.3 is 0 Å². The standard InChI is InChI=1S/C48H54O8/c49-25-5-27-51-31-35-55-37-33-53-29-23-41-15-11-39(12-16-41)19-21-47-43-7-1-2-8-44(43)48(46-10-4-3-9-45(46)47)22-20-40-13-17-42(18-14-40)24-30-54-34-38-56-36-32-52-28-6-26-50/h1-4,7-18,49-50H,5-6,23-38H2. The van der Waals surface area contributed by atoms with Gasteiger partial charge < -0.3 is 38.6 Å². The van der Waals surface area contributed by atoms with Gasteiger partial charge in [0, 0.05) is 48.7 Å². The summed E-state index contributed by atoms with van der Waals surface area (Å²) >= 11 is 0. The highest BCUT2D eigenvalue weighted by molar-refractivity contribution is 6.09. The summed E-state index contributed by atoms with van der Waals surface area (Å²) in [5.41, 5.74) is 6.31. The van der Waals surface area contributed by atoms with Crippen LogP contribution in [0.3, 0.4) is 0 Å². The Bertz CT molecular complexity index is 1800. The first-order valence-corrected chi connectivity index (χ1v) is 19.6. The molecule has 0 heterocycles. The third-order valence-corrected chi connectivity index (χ3v) is 8.95. The minimum Gasteiger partial charge on any atom is -0.396 e. The predicted molar refractivity (Wildman–Crippen MR) is 222 cm³/mol. The molecule has 0 saturated carbocycles. The highest BCUT2D eigenvalue weighted by Gasteiger charge is 2.11. The van der Waals surface area contributed by atoms with Crippen molar-refractivity contribution in [1.29, 1.82) is 0 Å². The van der Waals surface area contributed by atoms with Crippen LogP contribution in [0, 0.1) is 23.7 Å². The van der Waals surface area contributed by atoms with Crippen molar-refractivity contribution in [2.24, 2.45) is 0 Å². The van der Waals surface area contributed by atoms with Crippen LogP contribution in [0.1, 0.15) is 46.2 Å². The Morgan fingerprint density at radius 1 is 0.339 bits per heavy atom. The van der Waals surface area contributed by atoms with Gasteiger partial charge in [0.1, 0.15) is 0 Å². The van der Waals surface area contributed by atoms with Crippen molar-refractivity contribution in [3.63, 3.8) is 0 Å². The molecular formula is C48H54O8. The van der Waals surface area contributed by atoms with Gasteiger partial charge in [-0.2, -0.15) is 0 Å². The third-order valence-electron chi connectivity index (χ3n) is 8.95. The molecule has 0 atom stereocenters. The second kappa shape index (κ2) is 25.6. The molecule has 5 aromatic carbocycles. The molecule has 0 amide bonds. The first-order chi connectivity index (χ1) is 27.8. The minimum atomic E-state index is 0.146. The average molecular weight is 759 g/mol. The van der Waals surface area contributed by atoms with Crippen LogP contribution in [0.4, 0.5) is 0 Å². The molecule has 294 valence electrons. The molecule has 56 heavy (non-hydrogen) atoms. The van der Waals surface area contributed by atoms with E-state index in [0.29, 0.717) is 92.1 Å². The van der Waals surface area contributed by atoms with E-state index in [1.54, 1.807) is 0 Å². The molecule has 0 saturated heterocycles. The summed E-state index contributed by atoms with van der Waals surface area (Å²) in [6.45, 7) is 6.91. The number of rotatable bonds is 24. The Labute approximate surface area is 331 Å². The van der Waals surface area contributed by atoms with Crippen LogP contribution in [0.2, 0.25) is 0 Å². The van der Waals surface area contributed by atoms with Gasteiger partial charge in [0.2, 0.25) is 0 Å². The summed E-state index contributed by atoms with van der Waals surface area (Å²) in [6.07, 6.45) is 2.93. The van der Waals surface area contributed by atoms with Gasteiger partial charge in [0.05, 0.1) is 66.1 Å². The molecule has 8 heteroatoms. The molecule has 0 radical (unpaired) electrons. The summed E-state index contributed by atoms with van der Waals surface area (Å²) in [6, 6.07) is 33.5. The molecule has 0 fully saturated rings. The molecule has 2 N–H and O–H groups in total. The van der Waals surface area contributed by atoms with Gasteiger partial charge in [-0.25, -0.2) is 0 Å². The van der Waals surface area contributed by atoms with Gasteiger partial charge in [0.15, 0.2) is 0 Å². The SMILES string of the molecule is OCCCOCCOCCOCCc1ccc(C#Cc2c3ccccc3c(C#Cc3ccc(CCOCCOCCOCCCO)cc3)c3ccccc23)cc1. The van der Waals surface area contributed by atoms with Crippen molar-refractivity contribution in [3.05, 3.63) is 130 Å². The van der Waals surface area contributed by atoms with Crippen LogP contribution in [0.5, 0.6) is 0 Å². The van der Waals surface area contributed by atoms with E-state index in [4.69, 9.17) is 38.6 Å². The second-order valence-corrected chi connectivity index (χ2v) is 13.1. The molecule has 8 nitrogen and oxygen atoms in total. The largest absolute Gasteiger partial charge is 0.396 e.